The lowest BCUT2D eigenvalue weighted by molar-refractivity contribution is 0.0720. The molecular weight excluding hydrogens is 246 g/mol. The van der Waals surface area contributed by atoms with Crippen molar-refractivity contribution in [3.05, 3.63) is 23.6 Å². The molecule has 1 aliphatic rings. The lowest BCUT2D eigenvalue weighted by Gasteiger charge is -2.32. The van der Waals surface area contributed by atoms with E-state index in [0.29, 0.717) is 0 Å². The molecule has 0 fully saturated rings. The van der Waals surface area contributed by atoms with Gasteiger partial charge in [-0.25, -0.2) is 0 Å². The van der Waals surface area contributed by atoms with Gasteiger partial charge in [0.05, 0.1) is 0 Å². The summed E-state index contributed by atoms with van der Waals surface area (Å²) >= 11 is 0. The zero-order chi connectivity index (χ0) is 14.8. The van der Waals surface area contributed by atoms with Gasteiger partial charge in [-0.1, -0.05) is 45.5 Å². The van der Waals surface area contributed by atoms with E-state index in [9.17, 15) is 0 Å². The second kappa shape index (κ2) is 8.64. The predicted octanol–water partition coefficient (Wildman–Crippen LogP) is 5.02. The second-order valence-corrected chi connectivity index (χ2v) is 5.51. The predicted molar refractivity (Wildman–Crippen MR) is 86.6 cm³/mol. The van der Waals surface area contributed by atoms with Gasteiger partial charge < -0.3 is 4.74 Å². The number of aliphatic imine (C=N–C) groups is 1. The Morgan fingerprint density at radius 1 is 1.30 bits per heavy atom. The van der Waals surface area contributed by atoms with Crippen LogP contribution in [0.3, 0.4) is 0 Å². The zero-order valence-corrected chi connectivity index (χ0v) is 13.1. The SMILES string of the molecule is C#C/C=C1/N=CC(C)(CCCCCCC)O/C1=C/CC. The van der Waals surface area contributed by atoms with Gasteiger partial charge in [0.1, 0.15) is 17.1 Å². The van der Waals surface area contributed by atoms with Gasteiger partial charge in [-0.05, 0) is 32.3 Å². The fourth-order valence-corrected chi connectivity index (χ4v) is 2.31. The first-order valence-electron chi connectivity index (χ1n) is 7.76. The van der Waals surface area contributed by atoms with Crippen molar-refractivity contribution in [3.8, 4) is 12.3 Å². The van der Waals surface area contributed by atoms with Crippen LogP contribution in [0.2, 0.25) is 0 Å². The maximum atomic E-state index is 6.13. The normalized spacial score (nSPS) is 25.7. The van der Waals surface area contributed by atoms with E-state index in [0.717, 1.165) is 24.3 Å². The van der Waals surface area contributed by atoms with Crippen molar-refractivity contribution in [2.24, 2.45) is 4.99 Å². The number of rotatable bonds is 7. The minimum absolute atomic E-state index is 0.293. The molecule has 1 rings (SSSR count). The van der Waals surface area contributed by atoms with E-state index in [1.165, 1.54) is 32.1 Å². The third-order valence-corrected chi connectivity index (χ3v) is 3.46. The molecule has 2 heteroatoms. The highest BCUT2D eigenvalue weighted by Crippen LogP contribution is 2.30. The maximum absolute atomic E-state index is 6.13. The minimum atomic E-state index is -0.293. The summed E-state index contributed by atoms with van der Waals surface area (Å²) in [5.74, 6) is 3.35. The van der Waals surface area contributed by atoms with Gasteiger partial charge in [0.15, 0.2) is 0 Å². The number of terminal acetylenes is 1. The molecule has 0 bridgehead atoms. The summed E-state index contributed by atoms with van der Waals surface area (Å²) in [6.45, 7) is 6.43. The van der Waals surface area contributed by atoms with E-state index in [1.54, 1.807) is 6.08 Å². The molecule has 0 N–H and O–H groups in total. The monoisotopic (exact) mass is 273 g/mol. The molecular formula is C18H27NO. The van der Waals surface area contributed by atoms with Crippen LogP contribution in [0.15, 0.2) is 28.6 Å². The molecule has 0 saturated carbocycles. The van der Waals surface area contributed by atoms with E-state index < -0.39 is 0 Å². The van der Waals surface area contributed by atoms with Crippen LogP contribution in [0.5, 0.6) is 0 Å². The Balaban J connectivity index is 2.63. The first kappa shape index (κ1) is 16.6. The van der Waals surface area contributed by atoms with Crippen LogP contribution in [0.4, 0.5) is 0 Å². The Labute approximate surface area is 124 Å². The lowest BCUT2D eigenvalue weighted by Crippen LogP contribution is -2.33. The van der Waals surface area contributed by atoms with Crippen molar-refractivity contribution >= 4 is 6.21 Å². The summed E-state index contributed by atoms with van der Waals surface area (Å²) in [7, 11) is 0. The molecule has 0 aromatic carbocycles. The number of allylic oxidation sites excluding steroid dienone is 2. The summed E-state index contributed by atoms with van der Waals surface area (Å²) in [4.78, 5) is 4.49. The molecule has 0 aliphatic carbocycles. The summed E-state index contributed by atoms with van der Waals surface area (Å²) in [6.07, 6.45) is 19.2. The topological polar surface area (TPSA) is 21.6 Å². The molecule has 0 aromatic heterocycles. The maximum Gasteiger partial charge on any atom is 0.142 e. The highest BCUT2D eigenvalue weighted by atomic mass is 16.5. The summed E-state index contributed by atoms with van der Waals surface area (Å²) < 4.78 is 6.13. The Bertz CT molecular complexity index is 425. The van der Waals surface area contributed by atoms with Crippen molar-refractivity contribution in [3.63, 3.8) is 0 Å². The molecule has 1 atom stereocenters. The van der Waals surface area contributed by atoms with E-state index in [1.807, 2.05) is 6.21 Å². The van der Waals surface area contributed by atoms with Crippen LogP contribution in [0.25, 0.3) is 0 Å². The van der Waals surface area contributed by atoms with Crippen molar-refractivity contribution in [1.29, 1.82) is 0 Å². The van der Waals surface area contributed by atoms with Gasteiger partial charge in [0.2, 0.25) is 0 Å². The third kappa shape index (κ3) is 5.25. The van der Waals surface area contributed by atoms with E-state index in [4.69, 9.17) is 11.2 Å². The first-order chi connectivity index (χ1) is 9.65. The fourth-order valence-electron chi connectivity index (χ4n) is 2.31. The Kier molecular flexibility index (Phi) is 7.15. The van der Waals surface area contributed by atoms with Crippen LogP contribution < -0.4 is 0 Å². The molecule has 0 radical (unpaired) electrons. The highest BCUT2D eigenvalue weighted by molar-refractivity contribution is 5.72. The van der Waals surface area contributed by atoms with Crippen LogP contribution in [0, 0.1) is 12.3 Å². The quantitative estimate of drug-likeness (QED) is 0.471. The van der Waals surface area contributed by atoms with Crippen LogP contribution >= 0.6 is 0 Å². The molecule has 20 heavy (non-hydrogen) atoms. The van der Waals surface area contributed by atoms with Gasteiger partial charge >= 0.3 is 0 Å². The number of ether oxygens (including phenoxy) is 1. The molecule has 0 saturated heterocycles. The van der Waals surface area contributed by atoms with Gasteiger partial charge in [0.25, 0.3) is 0 Å². The van der Waals surface area contributed by atoms with Gasteiger partial charge in [-0.2, -0.15) is 0 Å². The smallest absolute Gasteiger partial charge is 0.142 e. The minimum Gasteiger partial charge on any atom is -0.480 e. The molecule has 0 amide bonds. The Hall–Kier alpha value is -1.49. The summed E-state index contributed by atoms with van der Waals surface area (Å²) in [5, 5.41) is 0. The van der Waals surface area contributed by atoms with Crippen molar-refractivity contribution in [2.75, 3.05) is 0 Å². The number of unbranched alkanes of at least 4 members (excludes halogenated alkanes) is 4. The van der Waals surface area contributed by atoms with Gasteiger partial charge in [-0.3, -0.25) is 4.99 Å². The number of nitrogens with zero attached hydrogens (tertiary/aromatic N) is 1. The molecule has 110 valence electrons. The Morgan fingerprint density at radius 2 is 2.05 bits per heavy atom. The molecule has 2 nitrogen and oxygen atoms in total. The van der Waals surface area contributed by atoms with Gasteiger partial charge in [0, 0.05) is 12.3 Å². The first-order valence-corrected chi connectivity index (χ1v) is 7.76. The largest absolute Gasteiger partial charge is 0.480 e. The average Bonchev–Trinajstić information content (AvgIpc) is 2.42. The van der Waals surface area contributed by atoms with E-state index in [-0.39, 0.29) is 5.60 Å². The highest BCUT2D eigenvalue weighted by Gasteiger charge is 2.29. The summed E-state index contributed by atoms with van der Waals surface area (Å²) in [5.41, 5.74) is 0.469. The molecule has 0 spiro atoms. The molecule has 1 aliphatic heterocycles. The van der Waals surface area contributed by atoms with Crippen molar-refractivity contribution < 1.29 is 4.74 Å². The van der Waals surface area contributed by atoms with Crippen LogP contribution in [-0.2, 0) is 4.74 Å². The second-order valence-electron chi connectivity index (χ2n) is 5.51. The number of hydrogen-bond donors (Lipinski definition) is 0. The fraction of sp³-hybridized carbons (Fsp3) is 0.611. The molecule has 0 aromatic rings. The third-order valence-electron chi connectivity index (χ3n) is 3.46. The van der Waals surface area contributed by atoms with Crippen molar-refractivity contribution in [1.82, 2.24) is 0 Å². The standard InChI is InChI=1S/C18H27NO/c1-5-8-9-10-11-14-18(4)15-19-16(12-6-2)17(20-18)13-7-3/h2,12-13,15H,5,7-11,14H2,1,3-4H3/b16-12+,17-13+. The Morgan fingerprint density at radius 3 is 2.70 bits per heavy atom. The van der Waals surface area contributed by atoms with Crippen molar-refractivity contribution in [2.45, 2.75) is 71.3 Å². The van der Waals surface area contributed by atoms with Gasteiger partial charge in [-0.15, -0.1) is 6.42 Å². The molecule has 1 unspecified atom stereocenters. The number of hydrogen-bond acceptors (Lipinski definition) is 2. The van der Waals surface area contributed by atoms with E-state index in [2.05, 4.69) is 37.8 Å². The van der Waals surface area contributed by atoms with E-state index >= 15 is 0 Å². The molecule has 1 heterocycles. The van der Waals surface area contributed by atoms with Crippen LogP contribution in [0.1, 0.15) is 65.7 Å². The average molecular weight is 273 g/mol. The van der Waals surface area contributed by atoms with Crippen LogP contribution in [-0.4, -0.2) is 11.8 Å². The lowest BCUT2D eigenvalue weighted by atomic mass is 9.97. The zero-order valence-electron chi connectivity index (χ0n) is 13.1. The summed E-state index contributed by atoms with van der Waals surface area (Å²) in [6, 6.07) is 0.